The largest absolute Gasteiger partial charge is 0.436 e. The first kappa shape index (κ1) is 17.2. The van der Waals surface area contributed by atoms with Crippen molar-refractivity contribution in [1.29, 1.82) is 0 Å². The Morgan fingerprint density at radius 3 is 2.48 bits per heavy atom. The lowest BCUT2D eigenvalue weighted by molar-refractivity contribution is 0.102. The van der Waals surface area contributed by atoms with Crippen molar-refractivity contribution in [1.82, 2.24) is 4.98 Å². The van der Waals surface area contributed by atoms with Crippen LogP contribution in [0.2, 0.25) is 0 Å². The molecule has 1 N–H and O–H groups in total. The highest BCUT2D eigenvalue weighted by molar-refractivity contribution is 6.05. The van der Waals surface area contributed by atoms with Gasteiger partial charge in [-0.15, -0.1) is 0 Å². The Morgan fingerprint density at radius 2 is 1.66 bits per heavy atom. The molecule has 0 saturated heterocycles. The van der Waals surface area contributed by atoms with Gasteiger partial charge in [0, 0.05) is 16.8 Å². The van der Waals surface area contributed by atoms with E-state index in [-0.39, 0.29) is 5.91 Å². The van der Waals surface area contributed by atoms with Crippen molar-refractivity contribution >= 4 is 33.5 Å². The lowest BCUT2D eigenvalue weighted by Gasteiger charge is -2.05. The van der Waals surface area contributed by atoms with Gasteiger partial charge in [-0.3, -0.25) is 4.79 Å². The third kappa shape index (κ3) is 3.36. The fourth-order valence-electron chi connectivity index (χ4n) is 3.36. The average Bonchev–Trinajstić information content (AvgIpc) is 3.17. The maximum Gasteiger partial charge on any atom is 0.255 e. The van der Waals surface area contributed by atoms with E-state index in [1.807, 2.05) is 67.6 Å². The number of aryl methyl sites for hydroxylation is 1. The molecular formula is C25H18N2O2. The third-order valence-corrected chi connectivity index (χ3v) is 4.96. The van der Waals surface area contributed by atoms with E-state index in [4.69, 9.17) is 4.42 Å². The van der Waals surface area contributed by atoms with Gasteiger partial charge in [0.2, 0.25) is 5.89 Å². The number of amides is 1. The molecule has 1 amide bonds. The number of rotatable bonds is 3. The van der Waals surface area contributed by atoms with Crippen molar-refractivity contribution in [2.24, 2.45) is 0 Å². The molecule has 0 saturated carbocycles. The fourth-order valence-corrected chi connectivity index (χ4v) is 3.36. The number of carbonyl (C=O) groups is 1. The summed E-state index contributed by atoms with van der Waals surface area (Å²) < 4.78 is 5.94. The highest BCUT2D eigenvalue weighted by Crippen LogP contribution is 2.28. The Hall–Kier alpha value is -3.92. The minimum atomic E-state index is -0.150. The molecule has 5 rings (SSSR count). The van der Waals surface area contributed by atoms with Crippen LogP contribution in [0.4, 0.5) is 5.69 Å². The Labute approximate surface area is 167 Å². The molecule has 0 spiro atoms. The van der Waals surface area contributed by atoms with Crippen LogP contribution in [0.1, 0.15) is 15.9 Å². The second-order valence-electron chi connectivity index (χ2n) is 7.08. The molecule has 0 aliphatic carbocycles. The molecule has 0 radical (unpaired) electrons. The summed E-state index contributed by atoms with van der Waals surface area (Å²) in [6.07, 6.45) is 0. The number of hydrogen-bond acceptors (Lipinski definition) is 3. The Kier molecular flexibility index (Phi) is 4.10. The zero-order valence-corrected chi connectivity index (χ0v) is 15.8. The lowest BCUT2D eigenvalue weighted by Crippen LogP contribution is -2.11. The monoisotopic (exact) mass is 378 g/mol. The van der Waals surface area contributed by atoms with Gasteiger partial charge in [-0.05, 0) is 60.2 Å². The van der Waals surface area contributed by atoms with Gasteiger partial charge in [0.25, 0.3) is 5.91 Å². The van der Waals surface area contributed by atoms with Gasteiger partial charge in [0.05, 0.1) is 0 Å². The van der Waals surface area contributed by atoms with Crippen molar-refractivity contribution in [3.63, 3.8) is 0 Å². The molecule has 0 fully saturated rings. The van der Waals surface area contributed by atoms with E-state index in [2.05, 4.69) is 34.6 Å². The van der Waals surface area contributed by atoms with E-state index in [1.54, 1.807) is 0 Å². The molecule has 29 heavy (non-hydrogen) atoms. The summed E-state index contributed by atoms with van der Waals surface area (Å²) in [7, 11) is 0. The second kappa shape index (κ2) is 6.91. The number of fused-ring (bicyclic) bond motifs is 2. The first-order valence-corrected chi connectivity index (χ1v) is 9.43. The van der Waals surface area contributed by atoms with Crippen molar-refractivity contribution in [2.75, 3.05) is 5.32 Å². The summed E-state index contributed by atoms with van der Waals surface area (Å²) in [5, 5.41) is 5.23. The maximum absolute atomic E-state index is 12.5. The van der Waals surface area contributed by atoms with Crippen LogP contribution in [-0.4, -0.2) is 10.9 Å². The first-order valence-electron chi connectivity index (χ1n) is 9.43. The molecule has 4 heteroatoms. The molecule has 0 atom stereocenters. The van der Waals surface area contributed by atoms with Gasteiger partial charge < -0.3 is 9.73 Å². The van der Waals surface area contributed by atoms with Crippen LogP contribution >= 0.6 is 0 Å². The predicted octanol–water partition coefficient (Wildman–Crippen LogP) is 6.21. The Balaban J connectivity index is 1.44. The van der Waals surface area contributed by atoms with Gasteiger partial charge in [0.1, 0.15) is 5.52 Å². The molecule has 5 aromatic rings. The van der Waals surface area contributed by atoms with Gasteiger partial charge in [0.15, 0.2) is 5.58 Å². The lowest BCUT2D eigenvalue weighted by atomic mass is 10.1. The molecule has 1 aromatic heterocycles. The number of aromatic nitrogens is 1. The summed E-state index contributed by atoms with van der Waals surface area (Å²) in [4.78, 5) is 17.1. The number of nitrogens with zero attached hydrogens (tertiary/aromatic N) is 1. The number of oxazole rings is 1. The molecule has 0 aliphatic rings. The first-order chi connectivity index (χ1) is 14.2. The summed E-state index contributed by atoms with van der Waals surface area (Å²) in [5.74, 6) is 0.412. The van der Waals surface area contributed by atoms with Crippen LogP contribution in [0.15, 0.2) is 89.3 Å². The van der Waals surface area contributed by atoms with Crippen molar-refractivity contribution in [3.05, 3.63) is 96.1 Å². The molecule has 140 valence electrons. The van der Waals surface area contributed by atoms with Crippen LogP contribution in [0.5, 0.6) is 0 Å². The Bertz CT molecular complexity index is 1350. The minimum absolute atomic E-state index is 0.150. The smallest absolute Gasteiger partial charge is 0.255 e. The zero-order valence-electron chi connectivity index (χ0n) is 15.8. The molecule has 4 aromatic carbocycles. The van der Waals surface area contributed by atoms with E-state index in [1.165, 1.54) is 5.39 Å². The molecular weight excluding hydrogens is 360 g/mol. The van der Waals surface area contributed by atoms with Crippen LogP contribution in [-0.2, 0) is 0 Å². The van der Waals surface area contributed by atoms with E-state index in [0.29, 0.717) is 28.2 Å². The quantitative estimate of drug-likeness (QED) is 0.406. The maximum atomic E-state index is 12.5. The molecule has 0 bridgehead atoms. The van der Waals surface area contributed by atoms with E-state index >= 15 is 0 Å². The van der Waals surface area contributed by atoms with Gasteiger partial charge in [-0.1, -0.05) is 48.0 Å². The summed E-state index contributed by atoms with van der Waals surface area (Å²) in [6, 6.07) is 27.3. The zero-order chi connectivity index (χ0) is 19.8. The molecule has 4 nitrogen and oxygen atoms in total. The fraction of sp³-hybridized carbons (Fsp3) is 0.0400. The van der Waals surface area contributed by atoms with Crippen molar-refractivity contribution < 1.29 is 9.21 Å². The summed E-state index contributed by atoms with van der Waals surface area (Å²) >= 11 is 0. The Morgan fingerprint density at radius 1 is 0.862 bits per heavy atom. The highest BCUT2D eigenvalue weighted by Gasteiger charge is 2.11. The van der Waals surface area contributed by atoms with Gasteiger partial charge >= 0.3 is 0 Å². The number of benzene rings is 4. The van der Waals surface area contributed by atoms with Crippen LogP contribution in [0.25, 0.3) is 33.3 Å². The number of hydrogen-bond donors (Lipinski definition) is 1. The summed E-state index contributed by atoms with van der Waals surface area (Å²) in [5.41, 5.74) is 4.72. The number of carbonyl (C=O) groups excluding carboxylic acids is 1. The van der Waals surface area contributed by atoms with Crippen LogP contribution in [0, 0.1) is 6.92 Å². The standard InChI is InChI=1S/C25H18N2O2/c1-16-6-8-18(9-7-16)24(28)26-21-12-13-23-22(15-21)27-25(29-23)20-11-10-17-4-2-3-5-19(17)14-20/h2-15H,1H3,(H,26,28). The average molecular weight is 378 g/mol. The van der Waals surface area contributed by atoms with Gasteiger partial charge in [-0.2, -0.15) is 0 Å². The second-order valence-corrected chi connectivity index (χ2v) is 7.08. The van der Waals surface area contributed by atoms with E-state index < -0.39 is 0 Å². The molecule has 0 unspecified atom stereocenters. The van der Waals surface area contributed by atoms with Crippen LogP contribution in [0.3, 0.4) is 0 Å². The molecule has 1 heterocycles. The SMILES string of the molecule is Cc1ccc(C(=O)Nc2ccc3oc(-c4ccc5ccccc5c4)nc3c2)cc1. The number of nitrogens with one attached hydrogen (secondary N) is 1. The molecule has 0 aliphatic heterocycles. The highest BCUT2D eigenvalue weighted by atomic mass is 16.3. The normalized spacial score (nSPS) is 11.1. The van der Waals surface area contributed by atoms with Crippen LogP contribution < -0.4 is 5.32 Å². The minimum Gasteiger partial charge on any atom is -0.436 e. The van der Waals surface area contributed by atoms with Crippen molar-refractivity contribution in [3.8, 4) is 11.5 Å². The summed E-state index contributed by atoms with van der Waals surface area (Å²) in [6.45, 7) is 1.99. The predicted molar refractivity (Wildman–Crippen MR) is 116 cm³/mol. The van der Waals surface area contributed by atoms with Crippen molar-refractivity contribution in [2.45, 2.75) is 6.92 Å². The van der Waals surface area contributed by atoms with Gasteiger partial charge in [-0.25, -0.2) is 4.98 Å². The number of anilines is 1. The topological polar surface area (TPSA) is 55.1 Å². The third-order valence-electron chi connectivity index (χ3n) is 4.96. The van der Waals surface area contributed by atoms with E-state index in [9.17, 15) is 4.79 Å². The van der Waals surface area contributed by atoms with E-state index in [0.717, 1.165) is 16.5 Å².